The number of hydrogen-bond acceptors (Lipinski definition) is 6. The highest BCUT2D eigenvalue weighted by atomic mass is 16.5. The first-order valence-electron chi connectivity index (χ1n) is 5.51. The normalized spacial score (nSPS) is 13.7. The maximum atomic E-state index is 11.2. The molecule has 0 amide bonds. The van der Waals surface area contributed by atoms with Gasteiger partial charge in [-0.2, -0.15) is 0 Å². The van der Waals surface area contributed by atoms with Gasteiger partial charge in [0.15, 0.2) is 11.5 Å². The molecule has 0 radical (unpaired) electrons. The molecule has 0 fully saturated rings. The number of hydrogen-bond donors (Lipinski definition) is 4. The third kappa shape index (κ3) is 3.14. The molecular weight excluding hydrogens is 254 g/mol. The van der Waals surface area contributed by atoms with Crippen molar-refractivity contribution in [2.24, 2.45) is 5.73 Å². The van der Waals surface area contributed by atoms with Gasteiger partial charge >= 0.3 is 5.97 Å². The molecule has 1 aromatic carbocycles. The molecule has 2 unspecified atom stereocenters. The van der Waals surface area contributed by atoms with Gasteiger partial charge in [0.1, 0.15) is 6.10 Å². The molecule has 0 aliphatic heterocycles. The Morgan fingerprint density at radius 1 is 1.26 bits per heavy atom. The second-order valence-corrected chi connectivity index (χ2v) is 3.85. The molecule has 0 bridgehead atoms. The summed E-state index contributed by atoms with van der Waals surface area (Å²) in [5.41, 5.74) is 5.08. The molecule has 0 spiro atoms. The summed E-state index contributed by atoms with van der Waals surface area (Å²) in [5.74, 6) is -0.775. The van der Waals surface area contributed by atoms with Crippen molar-refractivity contribution in [1.29, 1.82) is 0 Å². The second-order valence-electron chi connectivity index (χ2n) is 3.85. The number of carbonyl (C=O) groups is 1. The summed E-state index contributed by atoms with van der Waals surface area (Å²) in [6.07, 6.45) is -2.69. The standard InChI is InChI=1S/C12H17NO6/c1-18-9-3-6(11(15)8(14)5-13)7(12(16)17)4-10(9)19-2/h3-4,8,11,14-15H,5,13H2,1-2H3,(H,16,17). The molecule has 0 aliphatic carbocycles. The van der Waals surface area contributed by atoms with E-state index in [-0.39, 0.29) is 29.2 Å². The molecule has 5 N–H and O–H groups in total. The van der Waals surface area contributed by atoms with E-state index in [9.17, 15) is 15.0 Å². The van der Waals surface area contributed by atoms with Crippen molar-refractivity contribution in [2.75, 3.05) is 20.8 Å². The second kappa shape index (κ2) is 6.37. The Kier molecular flexibility index (Phi) is 5.11. The quantitative estimate of drug-likeness (QED) is 0.563. The number of ether oxygens (including phenoxy) is 2. The summed E-state index contributed by atoms with van der Waals surface area (Å²) in [7, 11) is 2.75. The largest absolute Gasteiger partial charge is 0.493 e. The molecule has 7 heteroatoms. The van der Waals surface area contributed by atoms with Crippen LogP contribution in [0.25, 0.3) is 0 Å². The van der Waals surface area contributed by atoms with Crippen LogP contribution in [-0.4, -0.2) is 48.2 Å². The van der Waals surface area contributed by atoms with Gasteiger partial charge in [-0.05, 0) is 12.1 Å². The SMILES string of the molecule is COc1cc(C(=O)O)c(C(O)C(O)CN)cc1OC. The number of nitrogens with two attached hydrogens (primary N) is 1. The average Bonchev–Trinajstić information content (AvgIpc) is 2.43. The number of benzene rings is 1. The van der Waals surface area contributed by atoms with Crippen LogP contribution in [0.5, 0.6) is 11.5 Å². The van der Waals surface area contributed by atoms with Crippen molar-refractivity contribution >= 4 is 5.97 Å². The summed E-state index contributed by atoms with van der Waals surface area (Å²) < 4.78 is 10.0. The molecule has 0 aliphatic rings. The monoisotopic (exact) mass is 271 g/mol. The van der Waals surface area contributed by atoms with E-state index in [1.165, 1.54) is 26.4 Å². The van der Waals surface area contributed by atoms with E-state index in [2.05, 4.69) is 0 Å². The molecular formula is C12H17NO6. The molecule has 1 aromatic rings. The number of carboxylic acid groups (broad SMARTS) is 1. The van der Waals surface area contributed by atoms with Gasteiger partial charge in [-0.25, -0.2) is 4.79 Å². The topological polar surface area (TPSA) is 122 Å². The van der Waals surface area contributed by atoms with Gasteiger partial charge in [-0.3, -0.25) is 0 Å². The lowest BCUT2D eigenvalue weighted by Crippen LogP contribution is -2.28. The van der Waals surface area contributed by atoms with Gasteiger partial charge in [0, 0.05) is 12.1 Å². The minimum absolute atomic E-state index is 0.0168. The first-order valence-corrected chi connectivity index (χ1v) is 5.51. The number of carboxylic acids is 1. The zero-order valence-electron chi connectivity index (χ0n) is 10.7. The Morgan fingerprint density at radius 2 is 1.79 bits per heavy atom. The van der Waals surface area contributed by atoms with Crippen molar-refractivity contribution in [1.82, 2.24) is 0 Å². The van der Waals surface area contributed by atoms with Crippen LogP contribution < -0.4 is 15.2 Å². The minimum Gasteiger partial charge on any atom is -0.493 e. The van der Waals surface area contributed by atoms with E-state index in [1.807, 2.05) is 0 Å². The predicted molar refractivity (Wildman–Crippen MR) is 66.5 cm³/mol. The number of aliphatic hydroxyl groups excluding tert-OH is 2. The molecule has 19 heavy (non-hydrogen) atoms. The fourth-order valence-corrected chi connectivity index (χ4v) is 1.66. The van der Waals surface area contributed by atoms with Crippen LogP contribution in [0.2, 0.25) is 0 Å². The van der Waals surface area contributed by atoms with E-state index in [1.54, 1.807) is 0 Å². The van der Waals surface area contributed by atoms with Crippen molar-refractivity contribution < 1.29 is 29.6 Å². The molecule has 7 nitrogen and oxygen atoms in total. The lowest BCUT2D eigenvalue weighted by Gasteiger charge is -2.20. The van der Waals surface area contributed by atoms with E-state index < -0.39 is 18.2 Å². The third-order valence-corrected chi connectivity index (χ3v) is 2.71. The van der Waals surface area contributed by atoms with Gasteiger partial charge in [-0.15, -0.1) is 0 Å². The van der Waals surface area contributed by atoms with Gasteiger partial charge in [0.2, 0.25) is 0 Å². The summed E-state index contributed by atoms with van der Waals surface area (Å²) in [6, 6.07) is 2.54. The van der Waals surface area contributed by atoms with E-state index in [0.717, 1.165) is 0 Å². The molecule has 0 saturated carbocycles. The zero-order chi connectivity index (χ0) is 14.6. The third-order valence-electron chi connectivity index (χ3n) is 2.71. The highest BCUT2D eigenvalue weighted by Crippen LogP contribution is 2.34. The van der Waals surface area contributed by atoms with E-state index >= 15 is 0 Å². The first-order chi connectivity index (χ1) is 8.96. The summed E-state index contributed by atoms with van der Waals surface area (Å²) in [4.78, 5) is 11.2. The molecule has 2 atom stereocenters. The van der Waals surface area contributed by atoms with Crippen LogP contribution >= 0.6 is 0 Å². The number of aromatic carboxylic acids is 1. The van der Waals surface area contributed by atoms with Gasteiger partial charge in [-0.1, -0.05) is 0 Å². The van der Waals surface area contributed by atoms with Crippen LogP contribution in [0.15, 0.2) is 12.1 Å². The fourth-order valence-electron chi connectivity index (χ4n) is 1.66. The predicted octanol–water partition coefficient (Wildman–Crippen LogP) is -0.245. The minimum atomic E-state index is -1.42. The van der Waals surface area contributed by atoms with E-state index in [0.29, 0.717) is 0 Å². The number of aliphatic hydroxyl groups is 2. The van der Waals surface area contributed by atoms with Crippen LogP contribution in [0.1, 0.15) is 22.0 Å². The Labute approximate surface area is 110 Å². The molecule has 1 rings (SSSR count). The zero-order valence-corrected chi connectivity index (χ0v) is 10.7. The lowest BCUT2D eigenvalue weighted by molar-refractivity contribution is 0.0230. The van der Waals surface area contributed by atoms with Crippen LogP contribution in [0.4, 0.5) is 0 Å². The molecule has 0 saturated heterocycles. The Balaban J connectivity index is 3.39. The maximum absolute atomic E-state index is 11.2. The number of rotatable bonds is 6. The van der Waals surface area contributed by atoms with Gasteiger partial charge in [0.05, 0.1) is 25.9 Å². The molecule has 106 valence electrons. The highest BCUT2D eigenvalue weighted by Gasteiger charge is 2.25. The van der Waals surface area contributed by atoms with Crippen LogP contribution in [0, 0.1) is 0 Å². The van der Waals surface area contributed by atoms with Crippen molar-refractivity contribution in [3.63, 3.8) is 0 Å². The molecule has 0 heterocycles. The smallest absolute Gasteiger partial charge is 0.336 e. The Morgan fingerprint density at radius 3 is 2.21 bits per heavy atom. The Hall–Kier alpha value is -1.83. The highest BCUT2D eigenvalue weighted by molar-refractivity contribution is 5.90. The Bertz CT molecular complexity index is 462. The fraction of sp³-hybridized carbons (Fsp3) is 0.417. The number of methoxy groups -OCH3 is 2. The summed E-state index contributed by atoms with van der Waals surface area (Å²) in [5, 5.41) is 28.6. The van der Waals surface area contributed by atoms with Gasteiger partial charge < -0.3 is 30.5 Å². The summed E-state index contributed by atoms with van der Waals surface area (Å²) in [6.45, 7) is -0.200. The van der Waals surface area contributed by atoms with Crippen LogP contribution in [-0.2, 0) is 0 Å². The van der Waals surface area contributed by atoms with E-state index in [4.69, 9.17) is 20.3 Å². The van der Waals surface area contributed by atoms with Crippen molar-refractivity contribution in [3.8, 4) is 11.5 Å². The van der Waals surface area contributed by atoms with Crippen molar-refractivity contribution in [2.45, 2.75) is 12.2 Å². The van der Waals surface area contributed by atoms with Crippen LogP contribution in [0.3, 0.4) is 0 Å². The molecule has 0 aromatic heterocycles. The first kappa shape index (κ1) is 15.2. The summed E-state index contributed by atoms with van der Waals surface area (Å²) >= 11 is 0. The lowest BCUT2D eigenvalue weighted by atomic mass is 9.97. The van der Waals surface area contributed by atoms with Crippen molar-refractivity contribution in [3.05, 3.63) is 23.3 Å². The average molecular weight is 271 g/mol. The maximum Gasteiger partial charge on any atom is 0.336 e. The van der Waals surface area contributed by atoms with Gasteiger partial charge in [0.25, 0.3) is 0 Å².